The predicted molar refractivity (Wildman–Crippen MR) is 113 cm³/mol. The van der Waals surface area contributed by atoms with E-state index in [9.17, 15) is 22.4 Å². The van der Waals surface area contributed by atoms with E-state index in [1.807, 2.05) is 0 Å². The average molecular weight is 500 g/mol. The minimum absolute atomic E-state index is 0.0275. The highest BCUT2D eigenvalue weighted by atomic mass is 35.5. The molecule has 0 saturated heterocycles. The molecule has 0 amide bonds. The monoisotopic (exact) mass is 498 g/mol. The molecule has 1 saturated carbocycles. The number of ketones is 1. The third-order valence-corrected chi connectivity index (χ3v) is 6.27. The number of benzene rings is 2. The number of carbonyl (C=O) groups excluding carboxylic acids is 1. The van der Waals surface area contributed by atoms with E-state index in [2.05, 4.69) is 0 Å². The van der Waals surface area contributed by atoms with Crippen molar-refractivity contribution in [2.75, 3.05) is 0 Å². The molecule has 3 rings (SSSR count). The molecule has 1 atom stereocenters. The number of hydrogen-bond acceptors (Lipinski definition) is 1. The van der Waals surface area contributed by atoms with Crippen LogP contribution in [0.3, 0.4) is 0 Å². The summed E-state index contributed by atoms with van der Waals surface area (Å²) in [5, 5.41) is -0.157. The fraction of sp³-hybridized carbons (Fsp3) is 0.286. The molecular formula is C21H14Cl4F4O. The molecule has 2 aromatic carbocycles. The maximum Gasteiger partial charge on any atom is 0.399 e. The van der Waals surface area contributed by atoms with Crippen LogP contribution in [0.15, 0.2) is 36.4 Å². The van der Waals surface area contributed by atoms with Crippen molar-refractivity contribution < 1.29 is 22.4 Å². The lowest BCUT2D eigenvalue weighted by Crippen LogP contribution is -2.19. The standard InChI is InChI=1S/C21H14Cl4F4O/c22-15-7-11(1-3-13(15)18(30)10-20(26)5-6-20)2-4-14(21(27,28)29)12-8-16(23)19(25)17(24)9-12/h1-4,7-9,14H,5-6,10H2/b4-2+. The van der Waals surface area contributed by atoms with Crippen molar-refractivity contribution in [3.8, 4) is 0 Å². The van der Waals surface area contributed by atoms with E-state index in [0.29, 0.717) is 18.4 Å². The molecule has 9 heteroatoms. The lowest BCUT2D eigenvalue weighted by molar-refractivity contribution is -0.139. The van der Waals surface area contributed by atoms with Crippen LogP contribution in [-0.4, -0.2) is 17.6 Å². The smallest absolute Gasteiger partial charge is 0.294 e. The SMILES string of the molecule is O=C(CC1(F)CC1)c1ccc(/C=C/C(c2cc(Cl)c(Cl)c(Cl)c2)C(F)(F)F)cc1Cl. The highest BCUT2D eigenvalue weighted by Gasteiger charge is 2.45. The van der Waals surface area contributed by atoms with Crippen molar-refractivity contribution in [3.05, 3.63) is 73.2 Å². The van der Waals surface area contributed by atoms with Gasteiger partial charge in [-0.15, -0.1) is 0 Å². The topological polar surface area (TPSA) is 17.1 Å². The minimum atomic E-state index is -4.61. The fourth-order valence-corrected chi connectivity index (χ4v) is 3.84. The minimum Gasteiger partial charge on any atom is -0.294 e. The van der Waals surface area contributed by atoms with Crippen molar-refractivity contribution in [2.45, 2.75) is 37.0 Å². The predicted octanol–water partition coefficient (Wildman–Crippen LogP) is 8.73. The van der Waals surface area contributed by atoms with Crippen LogP contribution in [0.1, 0.15) is 46.7 Å². The Labute approximate surface area is 190 Å². The zero-order valence-electron chi connectivity index (χ0n) is 15.2. The van der Waals surface area contributed by atoms with Gasteiger partial charge in [0.1, 0.15) is 5.67 Å². The van der Waals surface area contributed by atoms with Gasteiger partial charge in [-0.05, 0) is 48.2 Å². The van der Waals surface area contributed by atoms with Crippen LogP contribution in [0.25, 0.3) is 6.08 Å². The lowest BCUT2D eigenvalue weighted by atomic mass is 9.96. The van der Waals surface area contributed by atoms with Gasteiger partial charge in [0, 0.05) is 12.0 Å². The Bertz CT molecular complexity index is 990. The Kier molecular flexibility index (Phi) is 6.78. The average Bonchev–Trinajstić information content (AvgIpc) is 3.35. The van der Waals surface area contributed by atoms with Gasteiger partial charge >= 0.3 is 6.18 Å². The maximum atomic E-state index is 13.8. The number of Topliss-reactive ketones (excluding diaryl/α,β-unsaturated/α-hetero) is 1. The Hall–Kier alpha value is -1.27. The number of rotatable bonds is 6. The molecule has 0 heterocycles. The van der Waals surface area contributed by atoms with E-state index in [0.717, 1.165) is 18.2 Å². The molecule has 0 spiro atoms. The molecule has 1 aliphatic rings. The summed E-state index contributed by atoms with van der Waals surface area (Å²) in [5.41, 5.74) is -1.14. The van der Waals surface area contributed by atoms with Crippen LogP contribution in [0.2, 0.25) is 20.1 Å². The Morgan fingerprint density at radius 3 is 2.13 bits per heavy atom. The van der Waals surface area contributed by atoms with Crippen LogP contribution in [0.4, 0.5) is 17.6 Å². The second-order valence-electron chi connectivity index (χ2n) is 7.17. The molecule has 0 bridgehead atoms. The van der Waals surface area contributed by atoms with Crippen molar-refractivity contribution in [1.82, 2.24) is 0 Å². The molecule has 1 fully saturated rings. The summed E-state index contributed by atoms with van der Waals surface area (Å²) in [6.07, 6.45) is -2.02. The second kappa shape index (κ2) is 8.70. The molecule has 1 unspecified atom stereocenters. The van der Waals surface area contributed by atoms with Gasteiger partial charge in [-0.2, -0.15) is 13.2 Å². The van der Waals surface area contributed by atoms with Gasteiger partial charge in [0.15, 0.2) is 5.78 Å². The van der Waals surface area contributed by atoms with Crippen LogP contribution < -0.4 is 0 Å². The lowest BCUT2D eigenvalue weighted by Gasteiger charge is -2.18. The molecule has 30 heavy (non-hydrogen) atoms. The zero-order chi connectivity index (χ0) is 22.3. The first kappa shape index (κ1) is 23.4. The quantitative estimate of drug-likeness (QED) is 0.220. The fourth-order valence-electron chi connectivity index (χ4n) is 2.93. The molecule has 0 radical (unpaired) electrons. The second-order valence-corrected chi connectivity index (χ2v) is 8.77. The summed E-state index contributed by atoms with van der Waals surface area (Å²) in [4.78, 5) is 12.2. The van der Waals surface area contributed by atoms with Gasteiger partial charge in [0.25, 0.3) is 0 Å². The van der Waals surface area contributed by atoms with Crippen molar-refractivity contribution in [3.63, 3.8) is 0 Å². The van der Waals surface area contributed by atoms with Gasteiger partial charge in [0.05, 0.1) is 26.0 Å². The molecule has 0 N–H and O–H groups in total. The Balaban J connectivity index is 1.86. The first-order valence-electron chi connectivity index (χ1n) is 8.81. The third-order valence-electron chi connectivity index (χ3n) is 4.76. The van der Waals surface area contributed by atoms with Crippen molar-refractivity contribution >= 4 is 58.3 Å². The number of hydrogen-bond donors (Lipinski definition) is 0. The van der Waals surface area contributed by atoms with Gasteiger partial charge in [-0.25, -0.2) is 4.39 Å². The highest BCUT2D eigenvalue weighted by Crippen LogP contribution is 2.44. The number of halogens is 8. The molecular weight excluding hydrogens is 486 g/mol. The van der Waals surface area contributed by atoms with Crippen molar-refractivity contribution in [1.29, 1.82) is 0 Å². The van der Waals surface area contributed by atoms with Crippen LogP contribution in [0.5, 0.6) is 0 Å². The van der Waals surface area contributed by atoms with E-state index >= 15 is 0 Å². The third kappa shape index (κ3) is 5.50. The molecule has 0 aliphatic heterocycles. The van der Waals surface area contributed by atoms with Crippen molar-refractivity contribution in [2.24, 2.45) is 0 Å². The first-order chi connectivity index (χ1) is 13.9. The zero-order valence-corrected chi connectivity index (χ0v) is 18.2. The number of allylic oxidation sites excluding steroid dienone is 1. The molecule has 0 aromatic heterocycles. The highest BCUT2D eigenvalue weighted by molar-refractivity contribution is 6.48. The Morgan fingerprint density at radius 1 is 1.03 bits per heavy atom. The largest absolute Gasteiger partial charge is 0.399 e. The van der Waals surface area contributed by atoms with Gasteiger partial charge in [-0.3, -0.25) is 4.79 Å². The first-order valence-corrected chi connectivity index (χ1v) is 10.3. The summed E-state index contributed by atoms with van der Waals surface area (Å²) in [5.74, 6) is -2.43. The molecule has 1 aliphatic carbocycles. The summed E-state index contributed by atoms with van der Waals surface area (Å²) in [6.45, 7) is 0. The van der Waals surface area contributed by atoms with E-state index < -0.39 is 23.5 Å². The van der Waals surface area contributed by atoms with E-state index in [-0.39, 0.29) is 37.6 Å². The van der Waals surface area contributed by atoms with Gasteiger partial charge < -0.3 is 0 Å². The Morgan fingerprint density at radius 2 is 1.63 bits per heavy atom. The van der Waals surface area contributed by atoms with Crippen LogP contribution in [0, 0.1) is 0 Å². The number of alkyl halides is 4. The summed E-state index contributed by atoms with van der Waals surface area (Å²) < 4.78 is 54.6. The molecule has 2 aromatic rings. The van der Waals surface area contributed by atoms with Crippen LogP contribution in [-0.2, 0) is 0 Å². The summed E-state index contributed by atoms with van der Waals surface area (Å²) >= 11 is 23.6. The van der Waals surface area contributed by atoms with E-state index in [1.165, 1.54) is 24.3 Å². The normalized spacial score (nSPS) is 16.7. The van der Waals surface area contributed by atoms with Crippen LogP contribution >= 0.6 is 46.4 Å². The summed E-state index contributed by atoms with van der Waals surface area (Å²) in [7, 11) is 0. The maximum absolute atomic E-state index is 13.8. The van der Waals surface area contributed by atoms with E-state index in [4.69, 9.17) is 46.4 Å². The number of carbonyl (C=O) groups is 1. The molecule has 160 valence electrons. The van der Waals surface area contributed by atoms with E-state index in [1.54, 1.807) is 0 Å². The van der Waals surface area contributed by atoms with Gasteiger partial charge in [-0.1, -0.05) is 64.6 Å². The molecule has 1 nitrogen and oxygen atoms in total. The van der Waals surface area contributed by atoms with Gasteiger partial charge in [0.2, 0.25) is 0 Å². The summed E-state index contributed by atoms with van der Waals surface area (Å²) in [6, 6.07) is 6.41.